The van der Waals surface area contributed by atoms with Crippen molar-refractivity contribution >= 4 is 35.0 Å². The Morgan fingerprint density at radius 3 is 3.00 bits per heavy atom. The molecule has 0 unspecified atom stereocenters. The van der Waals surface area contributed by atoms with E-state index in [0.717, 1.165) is 11.4 Å². The maximum Gasteiger partial charge on any atom is 0.136 e. The first-order valence-electron chi connectivity index (χ1n) is 3.11. The molecule has 0 radical (unpaired) electrons. The first-order chi connectivity index (χ1) is 5.18. The summed E-state index contributed by atoms with van der Waals surface area (Å²) in [4.78, 5) is 4.03. The van der Waals surface area contributed by atoms with E-state index in [4.69, 9.17) is 12.2 Å². The summed E-state index contributed by atoms with van der Waals surface area (Å²) >= 11 is 8.66. The van der Waals surface area contributed by atoms with Crippen LogP contribution in [0.15, 0.2) is 18.3 Å². The molecule has 0 bridgehead atoms. The zero-order chi connectivity index (χ0) is 8.27. The van der Waals surface area contributed by atoms with Crippen LogP contribution in [0, 0.1) is 6.92 Å². The number of nitrogens with zero attached hydrogens (tertiary/aromatic N) is 1. The van der Waals surface area contributed by atoms with Gasteiger partial charge in [0.25, 0.3) is 0 Å². The Labute approximate surface area is 76.4 Å². The van der Waals surface area contributed by atoms with Crippen molar-refractivity contribution in [3.63, 3.8) is 0 Å². The van der Waals surface area contributed by atoms with Crippen LogP contribution in [0.4, 0.5) is 5.82 Å². The van der Waals surface area contributed by atoms with E-state index in [0.29, 0.717) is 4.32 Å². The van der Waals surface area contributed by atoms with Crippen LogP contribution in [0.3, 0.4) is 0 Å². The van der Waals surface area contributed by atoms with Crippen molar-refractivity contribution in [1.29, 1.82) is 0 Å². The van der Waals surface area contributed by atoms with Crippen LogP contribution in [0.1, 0.15) is 5.56 Å². The van der Waals surface area contributed by atoms with E-state index in [1.54, 1.807) is 6.20 Å². The SMILES string of the molecule is Cc1ccnc(NC(=S)S)c1. The van der Waals surface area contributed by atoms with Gasteiger partial charge in [-0.05, 0) is 24.6 Å². The molecule has 0 aromatic carbocycles. The van der Waals surface area contributed by atoms with Gasteiger partial charge in [0.15, 0.2) is 0 Å². The molecule has 0 amide bonds. The van der Waals surface area contributed by atoms with Crippen molar-refractivity contribution < 1.29 is 0 Å². The molecular weight excluding hydrogens is 176 g/mol. The maximum absolute atomic E-state index is 4.73. The van der Waals surface area contributed by atoms with Gasteiger partial charge < -0.3 is 5.32 Å². The Morgan fingerprint density at radius 2 is 2.45 bits per heavy atom. The normalized spacial score (nSPS) is 9.27. The summed E-state index contributed by atoms with van der Waals surface area (Å²) in [6, 6.07) is 3.83. The van der Waals surface area contributed by atoms with Crippen LogP contribution in [-0.4, -0.2) is 9.30 Å². The Hall–Kier alpha value is -0.610. The minimum Gasteiger partial charge on any atom is -0.326 e. The number of aryl methyl sites for hydroxylation is 1. The number of thiol groups is 1. The van der Waals surface area contributed by atoms with Gasteiger partial charge in [-0.2, -0.15) is 0 Å². The summed E-state index contributed by atoms with van der Waals surface area (Å²) in [5, 5.41) is 2.83. The highest BCUT2D eigenvalue weighted by molar-refractivity contribution is 8.11. The van der Waals surface area contributed by atoms with Gasteiger partial charge in [-0.25, -0.2) is 4.98 Å². The fraction of sp³-hybridized carbons (Fsp3) is 0.143. The zero-order valence-electron chi connectivity index (χ0n) is 6.03. The predicted octanol–water partition coefficient (Wildman–Crippen LogP) is 2.02. The second kappa shape index (κ2) is 3.69. The molecule has 1 aromatic rings. The van der Waals surface area contributed by atoms with Gasteiger partial charge in [-0.1, -0.05) is 12.2 Å². The molecule has 58 valence electrons. The van der Waals surface area contributed by atoms with E-state index in [9.17, 15) is 0 Å². The third-order valence-electron chi connectivity index (χ3n) is 1.15. The number of thiocarbonyl (C=S) groups is 1. The first kappa shape index (κ1) is 8.49. The highest BCUT2D eigenvalue weighted by Crippen LogP contribution is 2.05. The Kier molecular flexibility index (Phi) is 2.84. The highest BCUT2D eigenvalue weighted by Gasteiger charge is 1.92. The van der Waals surface area contributed by atoms with Crippen molar-refractivity contribution in [2.75, 3.05) is 5.32 Å². The number of nitrogens with one attached hydrogen (secondary N) is 1. The largest absolute Gasteiger partial charge is 0.326 e. The second-order valence-electron chi connectivity index (χ2n) is 2.15. The van der Waals surface area contributed by atoms with E-state index in [-0.39, 0.29) is 0 Å². The van der Waals surface area contributed by atoms with Gasteiger partial charge >= 0.3 is 0 Å². The quantitative estimate of drug-likeness (QED) is 0.516. The molecule has 11 heavy (non-hydrogen) atoms. The lowest BCUT2D eigenvalue weighted by Gasteiger charge is -2.01. The molecule has 1 aromatic heterocycles. The number of hydrogen-bond donors (Lipinski definition) is 2. The first-order valence-corrected chi connectivity index (χ1v) is 3.96. The van der Waals surface area contributed by atoms with Crippen molar-refractivity contribution in [2.45, 2.75) is 6.92 Å². The zero-order valence-corrected chi connectivity index (χ0v) is 7.75. The average Bonchev–Trinajstić information content (AvgIpc) is 1.85. The van der Waals surface area contributed by atoms with Crippen LogP contribution in [0.5, 0.6) is 0 Å². The summed E-state index contributed by atoms with van der Waals surface area (Å²) in [6.45, 7) is 1.99. The van der Waals surface area contributed by atoms with Crippen LogP contribution in [-0.2, 0) is 0 Å². The van der Waals surface area contributed by atoms with Crippen molar-refractivity contribution in [2.24, 2.45) is 0 Å². The van der Waals surface area contributed by atoms with Crippen molar-refractivity contribution in [1.82, 2.24) is 4.98 Å². The lowest BCUT2D eigenvalue weighted by atomic mass is 10.3. The fourth-order valence-electron chi connectivity index (χ4n) is 0.714. The van der Waals surface area contributed by atoms with E-state index < -0.39 is 0 Å². The van der Waals surface area contributed by atoms with Gasteiger partial charge in [0, 0.05) is 6.20 Å². The summed E-state index contributed by atoms with van der Waals surface area (Å²) < 4.78 is 0.433. The summed E-state index contributed by atoms with van der Waals surface area (Å²) in [5.74, 6) is 0.741. The Morgan fingerprint density at radius 1 is 1.73 bits per heavy atom. The monoisotopic (exact) mass is 184 g/mol. The van der Waals surface area contributed by atoms with Crippen LogP contribution < -0.4 is 5.32 Å². The fourth-order valence-corrected chi connectivity index (χ4v) is 0.933. The van der Waals surface area contributed by atoms with E-state index in [1.807, 2.05) is 19.1 Å². The molecule has 0 fully saturated rings. The van der Waals surface area contributed by atoms with Crippen LogP contribution >= 0.6 is 24.8 Å². The summed E-state index contributed by atoms with van der Waals surface area (Å²) in [5.41, 5.74) is 1.15. The van der Waals surface area contributed by atoms with Gasteiger partial charge in [0.05, 0.1) is 0 Å². The van der Waals surface area contributed by atoms with Gasteiger partial charge in [-0.3, -0.25) is 0 Å². The molecule has 0 saturated heterocycles. The standard InChI is InChI=1S/C7H8N2S2/c1-5-2-3-8-6(4-5)9-7(10)11/h2-4H,1H3,(H2,8,9,10,11). The number of pyridine rings is 1. The van der Waals surface area contributed by atoms with E-state index in [2.05, 4.69) is 22.9 Å². The molecule has 1 N–H and O–H groups in total. The predicted molar refractivity (Wildman–Crippen MR) is 54.2 cm³/mol. The third-order valence-corrected chi connectivity index (χ3v) is 1.36. The number of aromatic nitrogens is 1. The lowest BCUT2D eigenvalue weighted by molar-refractivity contribution is 1.29. The minimum atomic E-state index is 0.433. The van der Waals surface area contributed by atoms with Crippen LogP contribution in [0.25, 0.3) is 0 Å². The van der Waals surface area contributed by atoms with Crippen molar-refractivity contribution in [3.05, 3.63) is 23.9 Å². The Bertz CT molecular complexity index is 273. The molecule has 0 spiro atoms. The molecular formula is C7H8N2S2. The van der Waals surface area contributed by atoms with E-state index in [1.165, 1.54) is 0 Å². The van der Waals surface area contributed by atoms with Crippen LogP contribution in [0.2, 0.25) is 0 Å². The molecule has 0 saturated carbocycles. The molecule has 4 heteroatoms. The molecule has 1 rings (SSSR count). The van der Waals surface area contributed by atoms with Crippen molar-refractivity contribution in [3.8, 4) is 0 Å². The number of rotatable bonds is 1. The molecule has 0 aliphatic rings. The second-order valence-corrected chi connectivity index (χ2v) is 3.31. The topological polar surface area (TPSA) is 24.9 Å². The van der Waals surface area contributed by atoms with E-state index >= 15 is 0 Å². The molecule has 0 atom stereocenters. The number of anilines is 1. The lowest BCUT2D eigenvalue weighted by Crippen LogP contribution is -2.02. The Balaban J connectivity index is 2.79. The molecule has 0 aliphatic heterocycles. The van der Waals surface area contributed by atoms with Gasteiger partial charge in [0.1, 0.15) is 10.1 Å². The highest BCUT2D eigenvalue weighted by atomic mass is 32.1. The maximum atomic E-state index is 4.73. The van der Waals surface area contributed by atoms with Gasteiger partial charge in [-0.15, -0.1) is 12.6 Å². The minimum absolute atomic E-state index is 0.433. The average molecular weight is 184 g/mol. The summed E-state index contributed by atoms with van der Waals surface area (Å²) in [7, 11) is 0. The number of hydrogen-bond acceptors (Lipinski definition) is 2. The molecule has 0 aliphatic carbocycles. The molecule has 2 nitrogen and oxygen atoms in total. The smallest absolute Gasteiger partial charge is 0.136 e. The van der Waals surface area contributed by atoms with Gasteiger partial charge in [0.2, 0.25) is 0 Å². The third kappa shape index (κ3) is 2.86. The molecule has 1 heterocycles. The summed E-state index contributed by atoms with van der Waals surface area (Å²) in [6.07, 6.45) is 1.73.